The lowest BCUT2D eigenvalue weighted by molar-refractivity contribution is 0.0951. The molecule has 3 rings (SSSR count). The molecule has 1 fully saturated rings. The Bertz CT molecular complexity index is 895. The van der Waals surface area contributed by atoms with Crippen molar-refractivity contribution in [3.63, 3.8) is 0 Å². The van der Waals surface area contributed by atoms with Gasteiger partial charge in [-0.15, -0.1) is 0 Å². The predicted octanol–water partition coefficient (Wildman–Crippen LogP) is 3.87. The Morgan fingerprint density at radius 2 is 1.77 bits per heavy atom. The van der Waals surface area contributed by atoms with Crippen LogP contribution in [0.25, 0.3) is 0 Å². The van der Waals surface area contributed by atoms with Crippen LogP contribution in [0, 0.1) is 0 Å². The molecule has 2 N–H and O–H groups in total. The van der Waals surface area contributed by atoms with E-state index in [0.29, 0.717) is 28.4 Å². The molecule has 0 spiro atoms. The summed E-state index contributed by atoms with van der Waals surface area (Å²) in [6.45, 7) is 3.39. The van der Waals surface area contributed by atoms with Crippen molar-refractivity contribution >= 4 is 34.8 Å². The monoisotopic (exact) mass is 428 g/mol. The number of halogens is 1. The number of amides is 2. The SMILES string of the molecule is CN(C)CCCNC(=O)c1cc(NC(=O)c2ccccc2Cl)ccc1N1CCCC1. The number of benzene rings is 2. The second-order valence-corrected chi connectivity index (χ2v) is 8.18. The summed E-state index contributed by atoms with van der Waals surface area (Å²) in [6, 6.07) is 12.4. The number of anilines is 2. The van der Waals surface area contributed by atoms with Crippen LogP contribution in [0.4, 0.5) is 11.4 Å². The minimum atomic E-state index is -0.299. The molecule has 2 aromatic rings. The Morgan fingerprint density at radius 3 is 2.47 bits per heavy atom. The van der Waals surface area contributed by atoms with Gasteiger partial charge in [0.1, 0.15) is 0 Å². The summed E-state index contributed by atoms with van der Waals surface area (Å²) in [5.41, 5.74) is 2.46. The van der Waals surface area contributed by atoms with Crippen molar-refractivity contribution in [3.05, 3.63) is 58.6 Å². The zero-order valence-electron chi connectivity index (χ0n) is 17.6. The molecule has 1 heterocycles. The van der Waals surface area contributed by atoms with E-state index in [4.69, 9.17) is 11.6 Å². The number of carbonyl (C=O) groups excluding carboxylic acids is 2. The van der Waals surface area contributed by atoms with E-state index in [1.165, 1.54) is 0 Å². The molecule has 0 saturated carbocycles. The first-order valence-corrected chi connectivity index (χ1v) is 10.7. The fraction of sp³-hybridized carbons (Fsp3) is 0.391. The second kappa shape index (κ2) is 10.5. The minimum Gasteiger partial charge on any atom is -0.371 e. The third-order valence-corrected chi connectivity index (χ3v) is 5.46. The highest BCUT2D eigenvalue weighted by Crippen LogP contribution is 2.28. The van der Waals surface area contributed by atoms with Gasteiger partial charge in [0.15, 0.2) is 0 Å². The number of hydrogen-bond donors (Lipinski definition) is 2. The molecule has 0 unspecified atom stereocenters. The number of nitrogens with one attached hydrogen (secondary N) is 2. The van der Waals surface area contributed by atoms with Crippen LogP contribution in [0.15, 0.2) is 42.5 Å². The van der Waals surface area contributed by atoms with Crippen LogP contribution in [0.2, 0.25) is 5.02 Å². The molecule has 7 heteroatoms. The van der Waals surface area contributed by atoms with Gasteiger partial charge in [0, 0.05) is 31.0 Å². The molecule has 0 aromatic heterocycles. The second-order valence-electron chi connectivity index (χ2n) is 7.77. The van der Waals surface area contributed by atoms with E-state index >= 15 is 0 Å². The molecule has 6 nitrogen and oxygen atoms in total. The molecule has 30 heavy (non-hydrogen) atoms. The molecule has 0 aliphatic carbocycles. The third kappa shape index (κ3) is 5.74. The van der Waals surface area contributed by atoms with Gasteiger partial charge in [-0.3, -0.25) is 9.59 Å². The number of rotatable bonds is 8. The largest absolute Gasteiger partial charge is 0.371 e. The van der Waals surface area contributed by atoms with Crippen LogP contribution in [-0.4, -0.2) is 57.0 Å². The molecule has 1 saturated heterocycles. The highest BCUT2D eigenvalue weighted by Gasteiger charge is 2.21. The first-order chi connectivity index (χ1) is 14.5. The zero-order chi connectivity index (χ0) is 21.5. The molecule has 2 amide bonds. The highest BCUT2D eigenvalue weighted by molar-refractivity contribution is 6.34. The molecule has 1 aliphatic rings. The summed E-state index contributed by atoms with van der Waals surface area (Å²) in [5, 5.41) is 6.27. The van der Waals surface area contributed by atoms with Gasteiger partial charge in [-0.1, -0.05) is 23.7 Å². The van der Waals surface area contributed by atoms with Crippen LogP contribution in [-0.2, 0) is 0 Å². The molecular weight excluding hydrogens is 400 g/mol. The third-order valence-electron chi connectivity index (χ3n) is 5.13. The van der Waals surface area contributed by atoms with Crippen molar-refractivity contribution in [1.29, 1.82) is 0 Å². The van der Waals surface area contributed by atoms with Crippen molar-refractivity contribution in [2.45, 2.75) is 19.3 Å². The van der Waals surface area contributed by atoms with Gasteiger partial charge in [-0.25, -0.2) is 0 Å². The van der Waals surface area contributed by atoms with Crippen molar-refractivity contribution in [3.8, 4) is 0 Å². The molecule has 1 aliphatic heterocycles. The normalized spacial score (nSPS) is 13.5. The molecular formula is C23H29ClN4O2. The van der Waals surface area contributed by atoms with Crippen LogP contribution in [0.5, 0.6) is 0 Å². The average molecular weight is 429 g/mol. The fourth-order valence-electron chi connectivity index (χ4n) is 3.57. The van der Waals surface area contributed by atoms with Crippen LogP contribution in [0.3, 0.4) is 0 Å². The van der Waals surface area contributed by atoms with E-state index in [2.05, 4.69) is 20.4 Å². The first-order valence-electron chi connectivity index (χ1n) is 10.3. The Kier molecular flexibility index (Phi) is 7.71. The van der Waals surface area contributed by atoms with Crippen LogP contribution >= 0.6 is 11.6 Å². The number of hydrogen-bond acceptors (Lipinski definition) is 4. The fourth-order valence-corrected chi connectivity index (χ4v) is 3.79. The zero-order valence-corrected chi connectivity index (χ0v) is 18.3. The van der Waals surface area contributed by atoms with Crippen molar-refractivity contribution in [2.24, 2.45) is 0 Å². The van der Waals surface area contributed by atoms with Gasteiger partial charge in [-0.2, -0.15) is 0 Å². The lowest BCUT2D eigenvalue weighted by atomic mass is 10.1. The average Bonchev–Trinajstić information content (AvgIpc) is 3.26. The molecule has 0 radical (unpaired) electrons. The summed E-state index contributed by atoms with van der Waals surface area (Å²) in [6.07, 6.45) is 3.12. The van der Waals surface area contributed by atoms with E-state index in [9.17, 15) is 9.59 Å². The summed E-state index contributed by atoms with van der Waals surface area (Å²) in [5.74, 6) is -0.420. The maximum Gasteiger partial charge on any atom is 0.257 e. The first kappa shape index (κ1) is 22.1. The predicted molar refractivity (Wildman–Crippen MR) is 123 cm³/mol. The lowest BCUT2D eigenvalue weighted by Gasteiger charge is -2.22. The highest BCUT2D eigenvalue weighted by atomic mass is 35.5. The van der Waals surface area contributed by atoms with Crippen molar-refractivity contribution in [1.82, 2.24) is 10.2 Å². The van der Waals surface area contributed by atoms with Gasteiger partial charge in [0.2, 0.25) is 0 Å². The summed E-state index contributed by atoms with van der Waals surface area (Å²) in [7, 11) is 4.02. The Morgan fingerprint density at radius 1 is 1.03 bits per heavy atom. The van der Waals surface area contributed by atoms with E-state index < -0.39 is 0 Å². The smallest absolute Gasteiger partial charge is 0.257 e. The number of nitrogens with zero attached hydrogens (tertiary/aromatic N) is 2. The standard InChI is InChI=1S/C23H29ClN4O2/c1-27(2)13-7-12-25-22(29)19-16-17(10-11-21(19)28-14-5-6-15-28)26-23(30)18-8-3-4-9-20(18)24/h3-4,8-11,16H,5-7,12-15H2,1-2H3,(H,25,29)(H,26,30). The van der Waals surface area contributed by atoms with Gasteiger partial charge in [0.25, 0.3) is 11.8 Å². The molecule has 160 valence electrons. The van der Waals surface area contributed by atoms with E-state index in [-0.39, 0.29) is 11.8 Å². The van der Waals surface area contributed by atoms with E-state index in [1.807, 2.05) is 26.2 Å². The van der Waals surface area contributed by atoms with Crippen molar-refractivity contribution in [2.75, 3.05) is 50.5 Å². The minimum absolute atomic E-state index is 0.121. The maximum atomic E-state index is 12.9. The molecule has 2 aromatic carbocycles. The maximum absolute atomic E-state index is 12.9. The summed E-state index contributed by atoms with van der Waals surface area (Å²) < 4.78 is 0. The van der Waals surface area contributed by atoms with E-state index in [0.717, 1.165) is 44.6 Å². The lowest BCUT2D eigenvalue weighted by Crippen LogP contribution is -2.29. The van der Waals surface area contributed by atoms with Crippen LogP contribution < -0.4 is 15.5 Å². The Balaban J connectivity index is 1.78. The molecule has 0 atom stereocenters. The molecule has 0 bridgehead atoms. The quantitative estimate of drug-likeness (QED) is 0.626. The van der Waals surface area contributed by atoms with Gasteiger partial charge in [-0.05, 0) is 70.2 Å². The van der Waals surface area contributed by atoms with Crippen LogP contribution in [0.1, 0.15) is 40.0 Å². The topological polar surface area (TPSA) is 64.7 Å². The number of carbonyl (C=O) groups is 2. The Labute approximate surface area is 183 Å². The summed E-state index contributed by atoms with van der Waals surface area (Å²) >= 11 is 6.14. The van der Waals surface area contributed by atoms with Gasteiger partial charge < -0.3 is 20.4 Å². The summed E-state index contributed by atoms with van der Waals surface area (Å²) in [4.78, 5) is 29.9. The van der Waals surface area contributed by atoms with E-state index in [1.54, 1.807) is 30.3 Å². The van der Waals surface area contributed by atoms with Gasteiger partial charge in [0.05, 0.1) is 16.1 Å². The van der Waals surface area contributed by atoms with Crippen molar-refractivity contribution < 1.29 is 9.59 Å². The Hall–Kier alpha value is -2.57. The van der Waals surface area contributed by atoms with Gasteiger partial charge >= 0.3 is 0 Å².